The lowest BCUT2D eigenvalue weighted by atomic mass is 9.96. The molecule has 1 aromatic carbocycles. The number of rotatable bonds is 6. The van der Waals surface area contributed by atoms with Gasteiger partial charge in [0.1, 0.15) is 4.38 Å². The summed E-state index contributed by atoms with van der Waals surface area (Å²) in [7, 11) is 0. The van der Waals surface area contributed by atoms with E-state index in [4.69, 9.17) is 4.74 Å². The number of amides is 3. The Morgan fingerprint density at radius 2 is 2.00 bits per heavy atom. The summed E-state index contributed by atoms with van der Waals surface area (Å²) in [6.45, 7) is 2.29. The van der Waals surface area contributed by atoms with E-state index in [-0.39, 0.29) is 6.04 Å². The van der Waals surface area contributed by atoms with Gasteiger partial charge in [0.2, 0.25) is 0 Å². The van der Waals surface area contributed by atoms with Crippen LogP contribution >= 0.6 is 23.5 Å². The van der Waals surface area contributed by atoms with Crippen LogP contribution in [0.4, 0.5) is 4.79 Å². The van der Waals surface area contributed by atoms with Gasteiger partial charge in [-0.25, -0.2) is 9.59 Å². The van der Waals surface area contributed by atoms with E-state index in [1.165, 1.54) is 13.3 Å². The number of urea groups is 1. The Kier molecular flexibility index (Phi) is 8.62. The van der Waals surface area contributed by atoms with Gasteiger partial charge in [-0.15, -0.1) is 0 Å². The fourth-order valence-corrected chi connectivity index (χ4v) is 5.36. The molecule has 1 atom stereocenters. The molecular weight excluding hydrogens is 422 g/mol. The van der Waals surface area contributed by atoms with E-state index in [9.17, 15) is 14.4 Å². The number of ether oxygens (including phenoxy) is 1. The highest BCUT2D eigenvalue weighted by Crippen LogP contribution is 2.26. The third-order valence-corrected chi connectivity index (χ3v) is 7.28. The van der Waals surface area contributed by atoms with Crippen LogP contribution in [0.3, 0.4) is 0 Å². The first-order valence-electron chi connectivity index (χ1n) is 10.2. The van der Waals surface area contributed by atoms with Crippen molar-refractivity contribution in [3.63, 3.8) is 0 Å². The average Bonchev–Trinajstić information content (AvgIpc) is 3.26. The lowest BCUT2D eigenvalue weighted by Gasteiger charge is -2.23. The first kappa shape index (κ1) is 22.7. The number of carbonyl (C=O) groups is 3. The number of imide groups is 1. The van der Waals surface area contributed by atoms with Crippen molar-refractivity contribution in [1.29, 1.82) is 0 Å². The Morgan fingerprint density at radius 3 is 2.73 bits per heavy atom. The second-order valence-corrected chi connectivity index (χ2v) is 9.59. The molecule has 0 radical (unpaired) electrons. The molecule has 2 aliphatic rings. The summed E-state index contributed by atoms with van der Waals surface area (Å²) in [5.74, 6) is 0.372. The smallest absolute Gasteiger partial charge is 0.339 e. The Balaban J connectivity index is 1.50. The highest BCUT2D eigenvalue weighted by molar-refractivity contribution is 8.38. The Bertz CT molecular complexity index is 809. The SMILES string of the molecule is C[C@@H](OC(=O)c1ccccc1CSC1=NCCS1)C(=O)NC(=O)NC1CCCCC1. The molecule has 7 nitrogen and oxygen atoms in total. The molecule has 162 valence electrons. The molecule has 1 heterocycles. The van der Waals surface area contributed by atoms with Crippen molar-refractivity contribution < 1.29 is 19.1 Å². The number of thioether (sulfide) groups is 2. The highest BCUT2D eigenvalue weighted by Gasteiger charge is 2.24. The van der Waals surface area contributed by atoms with Crippen LogP contribution in [-0.4, -0.2) is 46.7 Å². The molecule has 1 aromatic rings. The summed E-state index contributed by atoms with van der Waals surface area (Å²) in [5, 5.41) is 5.09. The zero-order chi connectivity index (χ0) is 21.3. The molecule has 0 aromatic heterocycles. The van der Waals surface area contributed by atoms with E-state index in [1.807, 2.05) is 12.1 Å². The van der Waals surface area contributed by atoms with E-state index < -0.39 is 24.0 Å². The summed E-state index contributed by atoms with van der Waals surface area (Å²) < 4.78 is 6.35. The van der Waals surface area contributed by atoms with Crippen LogP contribution in [0, 0.1) is 0 Å². The van der Waals surface area contributed by atoms with E-state index in [0.29, 0.717) is 11.3 Å². The van der Waals surface area contributed by atoms with Crippen LogP contribution in [0.2, 0.25) is 0 Å². The van der Waals surface area contributed by atoms with Gasteiger partial charge in [-0.05, 0) is 31.4 Å². The number of aliphatic imine (C=N–C) groups is 1. The second-order valence-electron chi connectivity index (χ2n) is 7.29. The van der Waals surface area contributed by atoms with Gasteiger partial charge in [0.15, 0.2) is 6.10 Å². The standard InChI is InChI=1S/C21H27N3O4S2/c1-14(18(25)24-20(27)23-16-8-3-2-4-9-16)28-19(26)17-10-6-5-7-15(17)13-30-21-22-11-12-29-21/h5-7,10,14,16H,2-4,8-9,11-13H2,1H3,(H2,23,24,25,27)/t14-/m1/s1. The quantitative estimate of drug-likeness (QED) is 0.643. The van der Waals surface area contributed by atoms with Crippen molar-refractivity contribution in [1.82, 2.24) is 10.6 Å². The molecule has 0 saturated heterocycles. The van der Waals surface area contributed by atoms with Crippen LogP contribution in [0.5, 0.6) is 0 Å². The number of nitrogens with one attached hydrogen (secondary N) is 2. The minimum Gasteiger partial charge on any atom is -0.449 e. The maximum Gasteiger partial charge on any atom is 0.339 e. The number of esters is 1. The van der Waals surface area contributed by atoms with Gasteiger partial charge < -0.3 is 10.1 Å². The molecule has 0 bridgehead atoms. The van der Waals surface area contributed by atoms with Crippen LogP contribution in [0.1, 0.15) is 54.9 Å². The molecule has 3 amide bonds. The van der Waals surface area contributed by atoms with Crippen molar-refractivity contribution in [2.24, 2.45) is 4.99 Å². The van der Waals surface area contributed by atoms with Gasteiger partial charge in [0.05, 0.1) is 12.1 Å². The second kappa shape index (κ2) is 11.4. The van der Waals surface area contributed by atoms with Crippen molar-refractivity contribution in [3.8, 4) is 0 Å². The van der Waals surface area contributed by atoms with Crippen LogP contribution in [0.25, 0.3) is 0 Å². The minimum absolute atomic E-state index is 0.0939. The fourth-order valence-electron chi connectivity index (χ4n) is 3.35. The number of carbonyl (C=O) groups excluding carboxylic acids is 3. The molecule has 1 fully saturated rings. The molecule has 2 N–H and O–H groups in total. The number of benzene rings is 1. The zero-order valence-electron chi connectivity index (χ0n) is 17.0. The first-order chi connectivity index (χ1) is 14.5. The number of hydrogen-bond donors (Lipinski definition) is 2. The van der Waals surface area contributed by atoms with E-state index in [1.54, 1.807) is 35.7 Å². The van der Waals surface area contributed by atoms with Gasteiger partial charge in [-0.1, -0.05) is 61.0 Å². The van der Waals surface area contributed by atoms with Crippen molar-refractivity contribution in [2.45, 2.75) is 56.9 Å². The van der Waals surface area contributed by atoms with E-state index in [2.05, 4.69) is 15.6 Å². The predicted molar refractivity (Wildman–Crippen MR) is 121 cm³/mol. The lowest BCUT2D eigenvalue weighted by Crippen LogP contribution is -2.48. The molecule has 0 unspecified atom stereocenters. The van der Waals surface area contributed by atoms with Crippen molar-refractivity contribution in [2.75, 3.05) is 12.3 Å². The van der Waals surface area contributed by atoms with Gasteiger partial charge in [0, 0.05) is 17.5 Å². The van der Waals surface area contributed by atoms with Gasteiger partial charge >= 0.3 is 12.0 Å². The molecule has 0 spiro atoms. The largest absolute Gasteiger partial charge is 0.449 e. The van der Waals surface area contributed by atoms with E-state index in [0.717, 1.165) is 47.9 Å². The molecule has 3 rings (SSSR count). The molecular formula is C21H27N3O4S2. The lowest BCUT2D eigenvalue weighted by molar-refractivity contribution is -0.127. The monoisotopic (exact) mass is 449 g/mol. The maximum absolute atomic E-state index is 12.6. The Hall–Kier alpha value is -2.00. The molecule has 1 aliphatic carbocycles. The van der Waals surface area contributed by atoms with E-state index >= 15 is 0 Å². The topological polar surface area (TPSA) is 96.9 Å². The van der Waals surface area contributed by atoms with Gasteiger partial charge in [-0.2, -0.15) is 0 Å². The summed E-state index contributed by atoms with van der Waals surface area (Å²) >= 11 is 3.31. The summed E-state index contributed by atoms with van der Waals surface area (Å²) in [6, 6.07) is 6.73. The highest BCUT2D eigenvalue weighted by atomic mass is 32.2. The van der Waals surface area contributed by atoms with Crippen LogP contribution < -0.4 is 10.6 Å². The summed E-state index contributed by atoms with van der Waals surface area (Å²) in [6.07, 6.45) is 4.11. The predicted octanol–water partition coefficient (Wildman–Crippen LogP) is 3.73. The molecule has 9 heteroatoms. The molecule has 1 saturated carbocycles. The molecule has 1 aliphatic heterocycles. The fraction of sp³-hybridized carbons (Fsp3) is 0.524. The number of hydrogen-bond acceptors (Lipinski definition) is 7. The van der Waals surface area contributed by atoms with Crippen molar-refractivity contribution >= 4 is 45.8 Å². The maximum atomic E-state index is 12.6. The Morgan fingerprint density at radius 1 is 1.23 bits per heavy atom. The first-order valence-corrected chi connectivity index (χ1v) is 12.2. The van der Waals surface area contributed by atoms with Gasteiger partial charge in [0.25, 0.3) is 5.91 Å². The van der Waals surface area contributed by atoms with Crippen molar-refractivity contribution in [3.05, 3.63) is 35.4 Å². The molecule has 30 heavy (non-hydrogen) atoms. The zero-order valence-corrected chi connectivity index (χ0v) is 18.7. The normalized spacial score (nSPS) is 17.7. The minimum atomic E-state index is -1.08. The average molecular weight is 450 g/mol. The van der Waals surface area contributed by atoms with Crippen LogP contribution in [-0.2, 0) is 15.3 Å². The Labute approximate surface area is 185 Å². The third kappa shape index (κ3) is 6.77. The summed E-state index contributed by atoms with van der Waals surface area (Å²) in [5.41, 5.74) is 1.24. The number of nitrogens with zero attached hydrogens (tertiary/aromatic N) is 1. The summed E-state index contributed by atoms with van der Waals surface area (Å²) in [4.78, 5) is 41.4. The van der Waals surface area contributed by atoms with Gasteiger partial charge in [-0.3, -0.25) is 15.1 Å². The third-order valence-electron chi connectivity index (χ3n) is 4.98. The van der Waals surface area contributed by atoms with Crippen LogP contribution in [0.15, 0.2) is 29.3 Å².